The van der Waals surface area contributed by atoms with Crippen molar-refractivity contribution in [3.05, 3.63) is 41.8 Å². The fraction of sp³-hybridized carbons (Fsp3) is 0.312. The van der Waals surface area contributed by atoms with Gasteiger partial charge in [-0.1, -0.05) is 18.2 Å². The SMILES string of the molecule is O=C(COc1ccccc1)N[C@@H]1C(=O)N2C(C(=O)O)=C(O)CC[C@H]12. The first-order chi connectivity index (χ1) is 11.5. The third-order valence-corrected chi connectivity index (χ3v) is 4.04. The number of carbonyl (C=O) groups is 3. The van der Waals surface area contributed by atoms with E-state index in [1.807, 2.05) is 6.07 Å². The van der Waals surface area contributed by atoms with Gasteiger partial charge < -0.3 is 20.3 Å². The van der Waals surface area contributed by atoms with Crippen LogP contribution in [-0.4, -0.2) is 51.6 Å². The lowest BCUT2D eigenvalue weighted by molar-refractivity contribution is -0.156. The van der Waals surface area contributed by atoms with Crippen molar-refractivity contribution < 1.29 is 29.3 Å². The van der Waals surface area contributed by atoms with Crippen LogP contribution in [0.2, 0.25) is 0 Å². The van der Waals surface area contributed by atoms with Crippen LogP contribution in [0.4, 0.5) is 0 Å². The van der Waals surface area contributed by atoms with Gasteiger partial charge in [0, 0.05) is 6.42 Å². The summed E-state index contributed by atoms with van der Waals surface area (Å²) in [5, 5.41) is 21.3. The lowest BCUT2D eigenvalue weighted by Crippen LogP contribution is -2.71. The normalized spacial score (nSPS) is 22.5. The number of nitrogens with one attached hydrogen (secondary N) is 1. The molecule has 3 N–H and O–H groups in total. The Morgan fingerprint density at radius 3 is 2.67 bits per heavy atom. The van der Waals surface area contributed by atoms with E-state index in [1.165, 1.54) is 0 Å². The van der Waals surface area contributed by atoms with Gasteiger partial charge in [-0.15, -0.1) is 0 Å². The Balaban J connectivity index is 1.59. The van der Waals surface area contributed by atoms with E-state index in [9.17, 15) is 19.5 Å². The van der Waals surface area contributed by atoms with Crippen molar-refractivity contribution >= 4 is 17.8 Å². The summed E-state index contributed by atoms with van der Waals surface area (Å²) in [5.41, 5.74) is -0.401. The average Bonchev–Trinajstić information content (AvgIpc) is 2.58. The van der Waals surface area contributed by atoms with Gasteiger partial charge in [-0.3, -0.25) is 14.5 Å². The van der Waals surface area contributed by atoms with E-state index in [4.69, 9.17) is 9.84 Å². The molecule has 1 aromatic carbocycles. The van der Waals surface area contributed by atoms with Crippen LogP contribution in [0.5, 0.6) is 5.75 Å². The van der Waals surface area contributed by atoms with Crippen molar-refractivity contribution in [3.8, 4) is 5.75 Å². The fourth-order valence-corrected chi connectivity index (χ4v) is 2.92. The summed E-state index contributed by atoms with van der Waals surface area (Å²) in [6.07, 6.45) is 0.543. The van der Waals surface area contributed by atoms with Crippen LogP contribution < -0.4 is 10.1 Å². The molecular formula is C16H16N2O6. The van der Waals surface area contributed by atoms with Gasteiger partial charge in [-0.2, -0.15) is 0 Å². The number of carboxylic acids is 1. The van der Waals surface area contributed by atoms with Crippen LogP contribution in [0.1, 0.15) is 12.8 Å². The molecule has 0 aliphatic carbocycles. The molecule has 2 aliphatic rings. The highest BCUT2D eigenvalue weighted by Gasteiger charge is 2.53. The molecule has 2 amide bonds. The van der Waals surface area contributed by atoms with Crippen LogP contribution in [-0.2, 0) is 14.4 Å². The average molecular weight is 332 g/mol. The maximum Gasteiger partial charge on any atom is 0.356 e. The molecule has 3 rings (SSSR count). The number of hydrogen-bond acceptors (Lipinski definition) is 5. The Labute approximate surface area is 137 Å². The summed E-state index contributed by atoms with van der Waals surface area (Å²) in [5.74, 6) is -2.15. The number of ether oxygens (including phenoxy) is 1. The number of para-hydroxylation sites is 1. The quantitative estimate of drug-likeness (QED) is 0.673. The molecular weight excluding hydrogens is 316 g/mol. The van der Waals surface area contributed by atoms with Gasteiger partial charge in [0.1, 0.15) is 17.6 Å². The first-order valence-electron chi connectivity index (χ1n) is 7.44. The molecule has 0 unspecified atom stereocenters. The van der Waals surface area contributed by atoms with Gasteiger partial charge in [-0.05, 0) is 18.6 Å². The molecule has 1 saturated heterocycles. The maximum atomic E-state index is 12.1. The summed E-state index contributed by atoms with van der Waals surface area (Å²) in [7, 11) is 0. The van der Waals surface area contributed by atoms with E-state index in [1.54, 1.807) is 24.3 Å². The first kappa shape index (κ1) is 15.9. The van der Waals surface area contributed by atoms with Crippen LogP contribution in [0.25, 0.3) is 0 Å². The van der Waals surface area contributed by atoms with Crippen molar-refractivity contribution in [2.24, 2.45) is 0 Å². The Morgan fingerprint density at radius 1 is 1.29 bits per heavy atom. The summed E-state index contributed by atoms with van der Waals surface area (Å²) in [6.45, 7) is -0.243. The smallest absolute Gasteiger partial charge is 0.356 e. The lowest BCUT2D eigenvalue weighted by Gasteiger charge is -2.49. The van der Waals surface area contributed by atoms with Crippen molar-refractivity contribution in [2.75, 3.05) is 6.61 Å². The largest absolute Gasteiger partial charge is 0.510 e. The summed E-state index contributed by atoms with van der Waals surface area (Å²) in [4.78, 5) is 36.3. The molecule has 0 aromatic heterocycles. The number of aliphatic carboxylic acids is 1. The second-order valence-corrected chi connectivity index (χ2v) is 5.56. The molecule has 8 nitrogen and oxygen atoms in total. The number of carbonyl (C=O) groups excluding carboxylic acids is 2. The van der Waals surface area contributed by atoms with Crippen LogP contribution >= 0.6 is 0 Å². The van der Waals surface area contributed by atoms with Crippen molar-refractivity contribution in [2.45, 2.75) is 24.9 Å². The Hall–Kier alpha value is -3.03. The maximum absolute atomic E-state index is 12.1. The predicted octanol–water partition coefficient (Wildman–Crippen LogP) is 0.409. The molecule has 1 fully saturated rings. The number of amides is 2. The molecule has 1 aromatic rings. The monoisotopic (exact) mass is 332 g/mol. The van der Waals surface area contributed by atoms with Crippen molar-refractivity contribution in [1.82, 2.24) is 10.2 Å². The zero-order valence-corrected chi connectivity index (χ0v) is 12.6. The van der Waals surface area contributed by atoms with Crippen LogP contribution in [0.15, 0.2) is 41.8 Å². The third-order valence-electron chi connectivity index (χ3n) is 4.04. The Morgan fingerprint density at radius 2 is 2.00 bits per heavy atom. The number of β-lactam (4-membered cyclic amide) rings is 1. The highest BCUT2D eigenvalue weighted by molar-refractivity contribution is 6.01. The Kier molecular flexibility index (Phi) is 4.11. The van der Waals surface area contributed by atoms with Crippen LogP contribution in [0, 0.1) is 0 Å². The molecule has 2 atom stereocenters. The van der Waals surface area contributed by atoms with Crippen molar-refractivity contribution in [1.29, 1.82) is 0 Å². The number of rotatable bonds is 5. The number of benzene rings is 1. The summed E-state index contributed by atoms with van der Waals surface area (Å²) >= 11 is 0. The third kappa shape index (κ3) is 2.78. The minimum absolute atomic E-state index is 0.156. The number of carboxylic acid groups (broad SMARTS) is 1. The van der Waals surface area contributed by atoms with Gasteiger partial charge in [0.05, 0.1) is 6.04 Å². The molecule has 2 heterocycles. The number of nitrogens with zero attached hydrogens (tertiary/aromatic N) is 1. The van der Waals surface area contributed by atoms with Gasteiger partial charge in [0.25, 0.3) is 11.8 Å². The topological polar surface area (TPSA) is 116 Å². The molecule has 8 heteroatoms. The van der Waals surface area contributed by atoms with Gasteiger partial charge in [-0.25, -0.2) is 4.79 Å². The van der Waals surface area contributed by atoms with E-state index in [2.05, 4.69) is 5.32 Å². The molecule has 0 saturated carbocycles. The number of aliphatic hydroxyl groups is 1. The molecule has 24 heavy (non-hydrogen) atoms. The fourth-order valence-electron chi connectivity index (χ4n) is 2.92. The second kappa shape index (κ2) is 6.23. The van der Waals surface area contributed by atoms with Crippen molar-refractivity contribution in [3.63, 3.8) is 0 Å². The summed E-state index contributed by atoms with van der Waals surface area (Å²) in [6, 6.07) is 7.53. The van der Waals surface area contributed by atoms with Gasteiger partial charge >= 0.3 is 5.97 Å². The number of hydrogen-bond donors (Lipinski definition) is 3. The highest BCUT2D eigenvalue weighted by Crippen LogP contribution is 2.35. The Bertz CT molecular complexity index is 715. The molecule has 0 radical (unpaired) electrons. The summed E-state index contributed by atoms with van der Waals surface area (Å²) < 4.78 is 5.30. The van der Waals surface area contributed by atoms with E-state index in [0.29, 0.717) is 12.2 Å². The lowest BCUT2D eigenvalue weighted by atomic mass is 9.86. The number of allylic oxidation sites excluding steroid dienone is 1. The van der Waals surface area contributed by atoms with E-state index >= 15 is 0 Å². The minimum atomic E-state index is -1.36. The first-order valence-corrected chi connectivity index (χ1v) is 7.44. The molecule has 2 aliphatic heterocycles. The minimum Gasteiger partial charge on any atom is -0.510 e. The van der Waals surface area contributed by atoms with Gasteiger partial charge in [0.15, 0.2) is 12.3 Å². The number of aliphatic hydroxyl groups excluding tert-OH is 1. The highest BCUT2D eigenvalue weighted by atomic mass is 16.5. The van der Waals surface area contributed by atoms with Gasteiger partial charge in [0.2, 0.25) is 0 Å². The zero-order valence-electron chi connectivity index (χ0n) is 12.6. The zero-order chi connectivity index (χ0) is 17.3. The number of fused-ring (bicyclic) bond motifs is 1. The van der Waals surface area contributed by atoms with E-state index < -0.39 is 35.6 Å². The van der Waals surface area contributed by atoms with Crippen LogP contribution in [0.3, 0.4) is 0 Å². The molecule has 0 spiro atoms. The molecule has 0 bridgehead atoms. The van der Waals surface area contributed by atoms with E-state index in [0.717, 1.165) is 4.90 Å². The second-order valence-electron chi connectivity index (χ2n) is 5.56. The standard InChI is InChI=1S/C16H16N2O6/c19-11-7-6-10-13(15(21)18(10)14(11)16(22)23)17-12(20)8-24-9-4-2-1-3-5-9/h1-5,10,13,19H,6-8H2,(H,17,20)(H,22,23)/t10-,13+/m1/s1. The van der Waals surface area contributed by atoms with E-state index in [-0.39, 0.29) is 18.8 Å². The molecule has 126 valence electrons. The predicted molar refractivity (Wildman–Crippen MR) is 81.0 cm³/mol.